The van der Waals surface area contributed by atoms with Crippen molar-refractivity contribution in [3.05, 3.63) is 29.8 Å². The molecule has 19 heavy (non-hydrogen) atoms. The molecule has 4 heteroatoms. The van der Waals surface area contributed by atoms with Crippen molar-refractivity contribution < 1.29 is 9.53 Å². The van der Waals surface area contributed by atoms with Crippen molar-refractivity contribution in [2.75, 3.05) is 20.2 Å². The maximum atomic E-state index is 11.7. The SMILES string of the molecule is CCC(CN)CC(=O)NCCc1cccc(OC)c1. The Morgan fingerprint density at radius 1 is 1.47 bits per heavy atom. The van der Waals surface area contributed by atoms with Crippen LogP contribution in [0.1, 0.15) is 25.3 Å². The summed E-state index contributed by atoms with van der Waals surface area (Å²) in [5.41, 5.74) is 6.75. The molecule has 0 aliphatic carbocycles. The standard InChI is InChI=1S/C15H24N2O2/c1-3-12(11-16)10-15(18)17-8-7-13-5-4-6-14(9-13)19-2/h4-6,9,12H,3,7-8,10-11,16H2,1-2H3,(H,17,18). The summed E-state index contributed by atoms with van der Waals surface area (Å²) < 4.78 is 5.16. The second-order valence-electron chi connectivity index (χ2n) is 4.67. The zero-order valence-corrected chi connectivity index (χ0v) is 11.8. The van der Waals surface area contributed by atoms with Gasteiger partial charge in [-0.15, -0.1) is 0 Å². The molecule has 0 spiro atoms. The average Bonchev–Trinajstić information content (AvgIpc) is 2.45. The molecule has 1 amide bonds. The van der Waals surface area contributed by atoms with Crippen LogP contribution >= 0.6 is 0 Å². The second kappa shape index (κ2) is 8.53. The molecule has 0 heterocycles. The monoisotopic (exact) mass is 264 g/mol. The number of methoxy groups -OCH3 is 1. The molecule has 0 bridgehead atoms. The van der Waals surface area contributed by atoms with Crippen LogP contribution in [0, 0.1) is 5.92 Å². The summed E-state index contributed by atoms with van der Waals surface area (Å²) >= 11 is 0. The third-order valence-corrected chi connectivity index (χ3v) is 3.25. The summed E-state index contributed by atoms with van der Waals surface area (Å²) in [6, 6.07) is 7.89. The summed E-state index contributed by atoms with van der Waals surface area (Å²) in [6.07, 6.45) is 2.27. The van der Waals surface area contributed by atoms with Gasteiger partial charge in [0.1, 0.15) is 5.75 Å². The quantitative estimate of drug-likeness (QED) is 0.751. The molecule has 0 aromatic heterocycles. The lowest BCUT2D eigenvalue weighted by atomic mass is 10.0. The van der Waals surface area contributed by atoms with Crippen LogP contribution in [0.2, 0.25) is 0 Å². The van der Waals surface area contributed by atoms with Crippen molar-refractivity contribution in [2.45, 2.75) is 26.2 Å². The number of rotatable bonds is 8. The van der Waals surface area contributed by atoms with E-state index in [1.807, 2.05) is 24.3 Å². The van der Waals surface area contributed by atoms with Gasteiger partial charge in [0.05, 0.1) is 7.11 Å². The lowest BCUT2D eigenvalue weighted by molar-refractivity contribution is -0.121. The molecule has 1 rings (SSSR count). The zero-order chi connectivity index (χ0) is 14.1. The van der Waals surface area contributed by atoms with Gasteiger partial charge in [0.25, 0.3) is 0 Å². The number of hydrogen-bond donors (Lipinski definition) is 2. The maximum Gasteiger partial charge on any atom is 0.220 e. The Labute approximate surface area is 115 Å². The number of amides is 1. The molecule has 0 aliphatic heterocycles. The molecule has 0 saturated heterocycles. The van der Waals surface area contributed by atoms with E-state index >= 15 is 0 Å². The molecule has 106 valence electrons. The van der Waals surface area contributed by atoms with Crippen LogP contribution in [0.25, 0.3) is 0 Å². The number of benzene rings is 1. The van der Waals surface area contributed by atoms with Crippen molar-refractivity contribution in [1.82, 2.24) is 5.32 Å². The van der Waals surface area contributed by atoms with Crippen LogP contribution in [0.5, 0.6) is 5.75 Å². The van der Waals surface area contributed by atoms with Crippen LogP contribution in [0.4, 0.5) is 0 Å². The summed E-state index contributed by atoms with van der Waals surface area (Å²) in [5.74, 6) is 1.22. The molecule has 3 N–H and O–H groups in total. The zero-order valence-electron chi connectivity index (χ0n) is 11.8. The largest absolute Gasteiger partial charge is 0.497 e. The van der Waals surface area contributed by atoms with Gasteiger partial charge in [-0.05, 0) is 36.6 Å². The Morgan fingerprint density at radius 3 is 2.89 bits per heavy atom. The molecule has 1 aromatic rings. The normalized spacial score (nSPS) is 11.9. The summed E-state index contributed by atoms with van der Waals surface area (Å²) in [5, 5.41) is 2.93. The molecule has 1 aromatic carbocycles. The molecule has 1 atom stereocenters. The fourth-order valence-electron chi connectivity index (χ4n) is 1.90. The summed E-state index contributed by atoms with van der Waals surface area (Å²) in [7, 11) is 1.65. The highest BCUT2D eigenvalue weighted by molar-refractivity contribution is 5.76. The fraction of sp³-hybridized carbons (Fsp3) is 0.533. The Balaban J connectivity index is 2.31. The van der Waals surface area contributed by atoms with Crippen LogP contribution < -0.4 is 15.8 Å². The van der Waals surface area contributed by atoms with Crippen molar-refractivity contribution in [3.63, 3.8) is 0 Å². The molecule has 1 unspecified atom stereocenters. The van der Waals surface area contributed by atoms with Crippen molar-refractivity contribution in [2.24, 2.45) is 11.7 Å². The Bertz CT molecular complexity index is 389. The van der Waals surface area contributed by atoms with Crippen LogP contribution in [-0.4, -0.2) is 26.1 Å². The summed E-state index contributed by atoms with van der Waals surface area (Å²) in [6.45, 7) is 3.27. The Morgan fingerprint density at radius 2 is 2.26 bits per heavy atom. The first-order chi connectivity index (χ1) is 9.19. The van der Waals surface area contributed by atoms with Gasteiger partial charge in [0.2, 0.25) is 5.91 Å². The van der Waals surface area contributed by atoms with E-state index in [0.717, 1.165) is 24.2 Å². The third kappa shape index (κ3) is 5.75. The van der Waals surface area contributed by atoms with Crippen molar-refractivity contribution in [1.29, 1.82) is 0 Å². The minimum Gasteiger partial charge on any atom is -0.497 e. The first-order valence-corrected chi connectivity index (χ1v) is 6.79. The number of nitrogens with one attached hydrogen (secondary N) is 1. The van der Waals surface area contributed by atoms with E-state index in [-0.39, 0.29) is 11.8 Å². The van der Waals surface area contributed by atoms with E-state index in [1.165, 1.54) is 0 Å². The number of carbonyl (C=O) groups excluding carboxylic acids is 1. The van der Waals surface area contributed by atoms with Crippen molar-refractivity contribution >= 4 is 5.91 Å². The molecular formula is C15H24N2O2. The highest BCUT2D eigenvalue weighted by atomic mass is 16.5. The van der Waals surface area contributed by atoms with Gasteiger partial charge in [-0.25, -0.2) is 0 Å². The number of ether oxygens (including phenoxy) is 1. The number of carbonyl (C=O) groups is 1. The lowest BCUT2D eigenvalue weighted by Crippen LogP contribution is -2.29. The van der Waals surface area contributed by atoms with Gasteiger partial charge >= 0.3 is 0 Å². The molecular weight excluding hydrogens is 240 g/mol. The lowest BCUT2D eigenvalue weighted by Gasteiger charge is -2.12. The third-order valence-electron chi connectivity index (χ3n) is 3.25. The van der Waals surface area contributed by atoms with Gasteiger partial charge in [-0.2, -0.15) is 0 Å². The predicted octanol–water partition coefficient (Wildman–Crippen LogP) is 1.73. The molecule has 4 nitrogen and oxygen atoms in total. The first-order valence-electron chi connectivity index (χ1n) is 6.79. The van der Waals surface area contributed by atoms with E-state index in [0.29, 0.717) is 19.5 Å². The minimum absolute atomic E-state index is 0.0835. The second-order valence-corrected chi connectivity index (χ2v) is 4.67. The van der Waals surface area contributed by atoms with E-state index in [4.69, 9.17) is 10.5 Å². The van der Waals surface area contributed by atoms with Crippen molar-refractivity contribution in [3.8, 4) is 5.75 Å². The molecule has 0 radical (unpaired) electrons. The van der Waals surface area contributed by atoms with Gasteiger partial charge in [-0.3, -0.25) is 4.79 Å². The first kappa shape index (κ1) is 15.5. The predicted molar refractivity (Wildman–Crippen MR) is 77.2 cm³/mol. The summed E-state index contributed by atoms with van der Waals surface area (Å²) in [4.78, 5) is 11.7. The van der Waals surface area contributed by atoms with Crippen LogP contribution in [0.15, 0.2) is 24.3 Å². The maximum absolute atomic E-state index is 11.7. The number of hydrogen-bond acceptors (Lipinski definition) is 3. The number of nitrogens with two attached hydrogens (primary N) is 1. The smallest absolute Gasteiger partial charge is 0.220 e. The molecule has 0 aliphatic rings. The van der Waals surface area contributed by atoms with Gasteiger partial charge in [0, 0.05) is 13.0 Å². The minimum atomic E-state index is 0.0835. The van der Waals surface area contributed by atoms with Crippen LogP contribution in [0.3, 0.4) is 0 Å². The highest BCUT2D eigenvalue weighted by Gasteiger charge is 2.09. The topological polar surface area (TPSA) is 64.4 Å². The van der Waals surface area contributed by atoms with E-state index in [2.05, 4.69) is 12.2 Å². The van der Waals surface area contributed by atoms with Gasteiger partial charge < -0.3 is 15.8 Å². The average molecular weight is 264 g/mol. The van der Waals surface area contributed by atoms with Gasteiger partial charge in [-0.1, -0.05) is 25.5 Å². The Kier molecular flexibility index (Phi) is 6.97. The Hall–Kier alpha value is -1.55. The van der Waals surface area contributed by atoms with E-state index < -0.39 is 0 Å². The molecule has 0 fully saturated rings. The molecule has 0 saturated carbocycles. The van der Waals surface area contributed by atoms with E-state index in [9.17, 15) is 4.79 Å². The van der Waals surface area contributed by atoms with E-state index in [1.54, 1.807) is 7.11 Å². The van der Waals surface area contributed by atoms with Crippen LogP contribution in [-0.2, 0) is 11.2 Å². The highest BCUT2D eigenvalue weighted by Crippen LogP contribution is 2.12. The van der Waals surface area contributed by atoms with Gasteiger partial charge in [0.15, 0.2) is 0 Å². The fourth-order valence-corrected chi connectivity index (χ4v) is 1.90.